The monoisotopic (exact) mass is 474 g/mol. The number of nitrogens with one attached hydrogen (secondary N) is 2. The number of thiophene rings is 1. The van der Waals surface area contributed by atoms with Gasteiger partial charge in [0.15, 0.2) is 5.11 Å². The van der Waals surface area contributed by atoms with Gasteiger partial charge in [0.05, 0.1) is 10.5 Å². The fraction of sp³-hybridized carbons (Fsp3) is 0.409. The summed E-state index contributed by atoms with van der Waals surface area (Å²) >= 11 is 6.72. The topological polar surface area (TPSA) is 127 Å². The van der Waals surface area contributed by atoms with Crippen molar-refractivity contribution in [1.29, 1.82) is 0 Å². The lowest BCUT2D eigenvalue weighted by Crippen LogP contribution is -2.35. The molecule has 1 aromatic carbocycles. The van der Waals surface area contributed by atoms with Crippen LogP contribution in [0.4, 0.5) is 10.7 Å². The maximum Gasteiger partial charge on any atom is 0.273 e. The third-order valence-electron chi connectivity index (χ3n) is 5.94. The molecule has 0 bridgehead atoms. The van der Waals surface area contributed by atoms with E-state index in [4.69, 9.17) is 18.0 Å². The van der Waals surface area contributed by atoms with Crippen molar-refractivity contribution in [2.45, 2.75) is 47.0 Å². The van der Waals surface area contributed by atoms with E-state index in [1.165, 1.54) is 36.5 Å². The highest BCUT2D eigenvalue weighted by molar-refractivity contribution is 7.80. The molecule has 0 radical (unpaired) electrons. The highest BCUT2D eigenvalue weighted by Crippen LogP contribution is 2.44. The quantitative estimate of drug-likeness (QED) is 0.344. The number of anilines is 1. The first-order valence-electron chi connectivity index (χ1n) is 10.2. The Hall–Kier alpha value is -2.85. The highest BCUT2D eigenvalue weighted by Gasteiger charge is 2.33. The number of fused-ring (bicyclic) bond motifs is 1. The molecule has 1 aliphatic rings. The molecule has 4 N–H and O–H groups in total. The second-order valence-corrected chi connectivity index (χ2v) is 10.5. The summed E-state index contributed by atoms with van der Waals surface area (Å²) in [6, 6.07) is 4.27. The molecule has 1 aromatic heterocycles. The largest absolute Gasteiger partial charge is 0.365 e. The predicted octanol–water partition coefficient (Wildman–Crippen LogP) is 4.34. The Bertz CT molecular complexity index is 1120. The van der Waals surface area contributed by atoms with E-state index in [0.717, 1.165) is 29.7 Å². The second-order valence-electron chi connectivity index (χ2n) is 8.99. The number of nitro groups is 1. The van der Waals surface area contributed by atoms with Crippen molar-refractivity contribution in [3.05, 3.63) is 55.4 Å². The number of thiocarbonyl (C=S) groups is 1. The van der Waals surface area contributed by atoms with Gasteiger partial charge >= 0.3 is 0 Å². The molecule has 2 aromatic rings. The van der Waals surface area contributed by atoms with E-state index in [1.54, 1.807) is 0 Å². The third kappa shape index (κ3) is 4.81. The number of carbonyl (C=O) groups excluding carboxylic acids is 2. The summed E-state index contributed by atoms with van der Waals surface area (Å²) in [4.78, 5) is 36.6. The Morgan fingerprint density at radius 2 is 2.00 bits per heavy atom. The number of hydrogen-bond acceptors (Lipinski definition) is 6. The Morgan fingerprint density at radius 3 is 2.59 bits per heavy atom. The fourth-order valence-corrected chi connectivity index (χ4v) is 5.64. The zero-order valence-corrected chi connectivity index (χ0v) is 20.0. The molecule has 32 heavy (non-hydrogen) atoms. The number of benzene rings is 1. The Balaban J connectivity index is 1.81. The zero-order chi connectivity index (χ0) is 23.8. The van der Waals surface area contributed by atoms with Gasteiger partial charge in [-0.1, -0.05) is 26.8 Å². The molecule has 0 aliphatic heterocycles. The summed E-state index contributed by atoms with van der Waals surface area (Å²) in [6.07, 6.45) is 2.59. The molecule has 0 spiro atoms. The fourth-order valence-electron chi connectivity index (χ4n) is 4.05. The average Bonchev–Trinajstić information content (AvgIpc) is 3.03. The molecular formula is C22H26N4O4S2. The Kier molecular flexibility index (Phi) is 6.66. The summed E-state index contributed by atoms with van der Waals surface area (Å²) in [5.74, 6) is -0.618. The van der Waals surface area contributed by atoms with Crippen LogP contribution < -0.4 is 16.4 Å². The van der Waals surface area contributed by atoms with Gasteiger partial charge in [-0.3, -0.25) is 25.0 Å². The first-order valence-corrected chi connectivity index (χ1v) is 11.4. The van der Waals surface area contributed by atoms with Crippen LogP contribution in [-0.2, 0) is 12.8 Å². The zero-order valence-electron chi connectivity index (χ0n) is 18.4. The molecule has 1 aliphatic carbocycles. The van der Waals surface area contributed by atoms with Crippen molar-refractivity contribution in [3.63, 3.8) is 0 Å². The number of nitrogens with two attached hydrogens (primary N) is 1. The first kappa shape index (κ1) is 23.8. The van der Waals surface area contributed by atoms with E-state index < -0.39 is 16.7 Å². The maximum atomic E-state index is 12.7. The molecule has 2 amide bonds. The van der Waals surface area contributed by atoms with Gasteiger partial charge in [0, 0.05) is 22.1 Å². The van der Waals surface area contributed by atoms with Crippen LogP contribution in [0.25, 0.3) is 0 Å². The minimum absolute atomic E-state index is 0.00521. The number of rotatable bonds is 4. The molecule has 1 heterocycles. The molecular weight excluding hydrogens is 448 g/mol. The molecule has 0 saturated heterocycles. The summed E-state index contributed by atoms with van der Waals surface area (Å²) in [7, 11) is 0. The van der Waals surface area contributed by atoms with Gasteiger partial charge in [-0.05, 0) is 61.4 Å². The molecule has 8 nitrogen and oxygen atoms in total. The molecule has 10 heteroatoms. The minimum Gasteiger partial charge on any atom is -0.365 e. The average molecular weight is 475 g/mol. The van der Waals surface area contributed by atoms with Gasteiger partial charge in [0.25, 0.3) is 17.5 Å². The van der Waals surface area contributed by atoms with E-state index in [0.29, 0.717) is 16.5 Å². The molecule has 1 atom stereocenters. The SMILES string of the molecule is Cc1c(C(=O)NC(=S)Nc2sc3c(c2C(N)=O)CC[C@@H](C(C)(C)C)C3)cccc1[N+](=O)[O-]. The minimum atomic E-state index is -0.571. The number of nitrogens with zero attached hydrogens (tertiary/aromatic N) is 1. The van der Waals surface area contributed by atoms with Crippen LogP contribution in [0.5, 0.6) is 0 Å². The lowest BCUT2D eigenvalue weighted by molar-refractivity contribution is -0.385. The number of hydrogen-bond donors (Lipinski definition) is 3. The summed E-state index contributed by atoms with van der Waals surface area (Å²) in [5, 5.41) is 17.1. The second kappa shape index (κ2) is 8.95. The van der Waals surface area contributed by atoms with E-state index in [1.807, 2.05) is 0 Å². The number of primary amides is 1. The normalized spacial score (nSPS) is 15.6. The summed E-state index contributed by atoms with van der Waals surface area (Å²) in [6.45, 7) is 8.15. The maximum absolute atomic E-state index is 12.7. The molecule has 0 fully saturated rings. The Labute approximate surface area is 195 Å². The van der Waals surface area contributed by atoms with E-state index in [2.05, 4.69) is 31.4 Å². The van der Waals surface area contributed by atoms with Crippen LogP contribution in [0.15, 0.2) is 18.2 Å². The van der Waals surface area contributed by atoms with Crippen LogP contribution in [0.2, 0.25) is 0 Å². The number of amides is 2. The molecule has 0 saturated carbocycles. The van der Waals surface area contributed by atoms with Gasteiger partial charge in [0.1, 0.15) is 5.00 Å². The van der Waals surface area contributed by atoms with Crippen molar-refractivity contribution in [2.24, 2.45) is 17.1 Å². The number of nitro benzene ring substituents is 1. The summed E-state index contributed by atoms with van der Waals surface area (Å²) < 4.78 is 0. The van der Waals surface area contributed by atoms with Gasteiger partial charge in [-0.25, -0.2) is 0 Å². The van der Waals surface area contributed by atoms with Gasteiger partial charge in [0.2, 0.25) is 0 Å². The van der Waals surface area contributed by atoms with Crippen LogP contribution >= 0.6 is 23.6 Å². The van der Waals surface area contributed by atoms with Crippen LogP contribution in [0, 0.1) is 28.4 Å². The van der Waals surface area contributed by atoms with E-state index in [-0.39, 0.29) is 27.3 Å². The van der Waals surface area contributed by atoms with Gasteiger partial charge in [-0.15, -0.1) is 11.3 Å². The van der Waals surface area contributed by atoms with Crippen LogP contribution in [0.1, 0.15) is 63.9 Å². The standard InChI is InChI=1S/C22H26N4O4S2/c1-11-13(6-5-7-15(11)26(29)30)19(28)24-21(31)25-20-17(18(23)27)14-9-8-12(22(2,3)4)10-16(14)32-20/h5-7,12H,8-10H2,1-4H3,(H2,23,27)(H2,24,25,28,31)/t12-/m1/s1. The molecule has 0 unspecified atom stereocenters. The lowest BCUT2D eigenvalue weighted by Gasteiger charge is -2.33. The van der Waals surface area contributed by atoms with Crippen LogP contribution in [0.3, 0.4) is 0 Å². The van der Waals surface area contributed by atoms with Crippen molar-refractivity contribution in [1.82, 2.24) is 5.32 Å². The number of carbonyl (C=O) groups is 2. The van der Waals surface area contributed by atoms with E-state index >= 15 is 0 Å². The smallest absolute Gasteiger partial charge is 0.273 e. The third-order valence-corrected chi connectivity index (χ3v) is 7.31. The van der Waals surface area contributed by atoms with Gasteiger partial charge in [-0.2, -0.15) is 0 Å². The van der Waals surface area contributed by atoms with Crippen molar-refractivity contribution in [3.8, 4) is 0 Å². The van der Waals surface area contributed by atoms with Crippen molar-refractivity contribution in [2.75, 3.05) is 5.32 Å². The van der Waals surface area contributed by atoms with Crippen molar-refractivity contribution < 1.29 is 14.5 Å². The predicted molar refractivity (Wildman–Crippen MR) is 129 cm³/mol. The highest BCUT2D eigenvalue weighted by atomic mass is 32.1. The van der Waals surface area contributed by atoms with Crippen molar-refractivity contribution >= 4 is 51.2 Å². The lowest BCUT2D eigenvalue weighted by atomic mass is 9.72. The molecule has 3 rings (SSSR count). The first-order chi connectivity index (χ1) is 14.9. The van der Waals surface area contributed by atoms with Crippen LogP contribution in [-0.4, -0.2) is 21.9 Å². The summed E-state index contributed by atoms with van der Waals surface area (Å²) in [5.41, 5.74) is 7.44. The Morgan fingerprint density at radius 1 is 1.31 bits per heavy atom. The van der Waals surface area contributed by atoms with Gasteiger partial charge < -0.3 is 11.1 Å². The molecule has 170 valence electrons. The van der Waals surface area contributed by atoms with E-state index in [9.17, 15) is 19.7 Å².